The molecule has 0 fully saturated rings. The molecular weight excluding hydrogens is 182 g/mol. The molecule has 0 radical (unpaired) electrons. The highest BCUT2D eigenvalue weighted by Crippen LogP contribution is 1.89. The van der Waals surface area contributed by atoms with Crippen LogP contribution in [0.1, 0.15) is 27.2 Å². The Morgan fingerprint density at radius 3 is 2.29 bits per heavy atom. The first-order chi connectivity index (χ1) is 6.61. The van der Waals surface area contributed by atoms with Gasteiger partial charge in [-0.3, -0.25) is 4.79 Å². The van der Waals surface area contributed by atoms with Gasteiger partial charge in [0.05, 0.1) is 20.1 Å². The first-order valence-electron chi connectivity index (χ1n) is 4.94. The van der Waals surface area contributed by atoms with Crippen molar-refractivity contribution in [2.75, 3.05) is 26.8 Å². The van der Waals surface area contributed by atoms with Crippen LogP contribution < -0.4 is 0 Å². The number of ether oxygens (including phenoxy) is 2. The van der Waals surface area contributed by atoms with Crippen molar-refractivity contribution in [3.8, 4) is 0 Å². The summed E-state index contributed by atoms with van der Waals surface area (Å²) >= 11 is 0. The van der Waals surface area contributed by atoms with Gasteiger partial charge in [-0.25, -0.2) is 4.58 Å². The lowest BCUT2D eigenvalue weighted by molar-refractivity contribution is -0.505. The summed E-state index contributed by atoms with van der Waals surface area (Å²) in [7, 11) is 1.89. The molecule has 82 valence electrons. The minimum Gasteiger partial charge on any atom is -0.466 e. The number of esters is 1. The maximum absolute atomic E-state index is 11.0. The Hall–Kier alpha value is -1.06. The Labute approximate surface area is 85.5 Å². The predicted octanol–water partition coefficient (Wildman–Crippen LogP) is 1.04. The lowest BCUT2D eigenvalue weighted by Gasteiger charge is -2.03. The van der Waals surface area contributed by atoms with Gasteiger partial charge in [0, 0.05) is 0 Å². The molecule has 0 aliphatic carbocycles. The van der Waals surface area contributed by atoms with E-state index in [1.54, 1.807) is 6.92 Å². The number of nitrogens with zero attached hydrogens (tertiary/aromatic N) is 1. The van der Waals surface area contributed by atoms with E-state index >= 15 is 0 Å². The molecule has 0 bridgehead atoms. The minimum absolute atomic E-state index is 0.163. The maximum atomic E-state index is 11.0. The zero-order chi connectivity index (χ0) is 11.0. The average molecular weight is 202 g/mol. The summed E-state index contributed by atoms with van der Waals surface area (Å²) in [4.78, 5) is 11.0. The van der Waals surface area contributed by atoms with Crippen LogP contribution in [0.3, 0.4) is 0 Å². The van der Waals surface area contributed by atoms with Crippen LogP contribution in [-0.4, -0.2) is 43.2 Å². The fourth-order valence-electron chi connectivity index (χ4n) is 0.969. The van der Waals surface area contributed by atoms with Crippen molar-refractivity contribution in [3.05, 3.63) is 0 Å². The Bertz CT molecular complexity index is 211. The SMILES string of the molecule is CCOC(=O)CC[N+](C)=C(C)OCC. The number of rotatable bonds is 5. The standard InChI is InChI=1S/C10H20NO3/c1-5-13-9(3)11(4)8-7-10(12)14-6-2/h5-8H2,1-4H3/q+1. The van der Waals surface area contributed by atoms with Crippen LogP contribution in [0.5, 0.6) is 0 Å². The number of carbonyl (C=O) groups is 1. The molecule has 0 saturated heterocycles. The first-order valence-corrected chi connectivity index (χ1v) is 4.94. The third-order valence-electron chi connectivity index (χ3n) is 1.85. The van der Waals surface area contributed by atoms with E-state index in [1.807, 2.05) is 25.5 Å². The van der Waals surface area contributed by atoms with Crippen molar-refractivity contribution in [1.29, 1.82) is 0 Å². The molecule has 0 aromatic heterocycles. The van der Waals surface area contributed by atoms with Crippen molar-refractivity contribution in [2.45, 2.75) is 27.2 Å². The van der Waals surface area contributed by atoms with Crippen molar-refractivity contribution in [3.63, 3.8) is 0 Å². The molecule has 0 spiro atoms. The fourth-order valence-corrected chi connectivity index (χ4v) is 0.969. The molecule has 0 atom stereocenters. The van der Waals surface area contributed by atoms with E-state index in [4.69, 9.17) is 9.47 Å². The van der Waals surface area contributed by atoms with Crippen LogP contribution >= 0.6 is 0 Å². The minimum atomic E-state index is -0.163. The molecule has 0 rings (SSSR count). The Kier molecular flexibility index (Phi) is 6.80. The zero-order valence-corrected chi connectivity index (χ0v) is 9.50. The predicted molar refractivity (Wildman–Crippen MR) is 54.6 cm³/mol. The molecule has 0 amide bonds. The van der Waals surface area contributed by atoms with Crippen molar-refractivity contribution in [2.24, 2.45) is 0 Å². The average Bonchev–Trinajstić information content (AvgIpc) is 2.15. The van der Waals surface area contributed by atoms with E-state index in [0.717, 1.165) is 5.90 Å². The van der Waals surface area contributed by atoms with Crippen LogP contribution in [0, 0.1) is 0 Å². The lowest BCUT2D eigenvalue weighted by atomic mass is 10.4. The maximum Gasteiger partial charge on any atom is 0.332 e. The van der Waals surface area contributed by atoms with Gasteiger partial charge < -0.3 is 9.47 Å². The van der Waals surface area contributed by atoms with Gasteiger partial charge in [-0.2, -0.15) is 0 Å². The second-order valence-electron chi connectivity index (χ2n) is 2.93. The van der Waals surface area contributed by atoms with E-state index in [0.29, 0.717) is 26.2 Å². The summed E-state index contributed by atoms with van der Waals surface area (Å²) in [6.07, 6.45) is 0.398. The summed E-state index contributed by atoms with van der Waals surface area (Å²) in [5, 5.41) is 0. The highest BCUT2D eigenvalue weighted by Gasteiger charge is 2.09. The first kappa shape index (κ1) is 12.9. The summed E-state index contributed by atoms with van der Waals surface area (Å²) in [5.74, 6) is 0.667. The van der Waals surface area contributed by atoms with Gasteiger partial charge in [-0.15, -0.1) is 0 Å². The number of hydrogen-bond donors (Lipinski definition) is 0. The topological polar surface area (TPSA) is 38.5 Å². The highest BCUT2D eigenvalue weighted by molar-refractivity contribution is 5.70. The number of carbonyl (C=O) groups excluding carboxylic acids is 1. The molecule has 0 aliphatic heterocycles. The molecule has 0 aromatic carbocycles. The van der Waals surface area contributed by atoms with Crippen molar-refractivity contribution in [1.82, 2.24) is 0 Å². The molecule has 4 nitrogen and oxygen atoms in total. The third kappa shape index (κ3) is 5.56. The quantitative estimate of drug-likeness (QED) is 0.289. The van der Waals surface area contributed by atoms with Gasteiger partial charge in [0.1, 0.15) is 13.5 Å². The molecule has 0 N–H and O–H groups in total. The smallest absolute Gasteiger partial charge is 0.332 e. The second-order valence-corrected chi connectivity index (χ2v) is 2.93. The highest BCUT2D eigenvalue weighted by atomic mass is 16.5. The van der Waals surface area contributed by atoms with Crippen molar-refractivity contribution < 1.29 is 18.8 Å². The lowest BCUT2D eigenvalue weighted by Crippen LogP contribution is -2.21. The van der Waals surface area contributed by atoms with Crippen molar-refractivity contribution >= 4 is 11.9 Å². The summed E-state index contributed by atoms with van der Waals surface area (Å²) in [6, 6.07) is 0. The van der Waals surface area contributed by atoms with E-state index in [-0.39, 0.29) is 5.97 Å². The van der Waals surface area contributed by atoms with Gasteiger partial charge >= 0.3 is 11.9 Å². The van der Waals surface area contributed by atoms with Gasteiger partial charge in [0.15, 0.2) is 6.54 Å². The van der Waals surface area contributed by atoms with Gasteiger partial charge in [-0.1, -0.05) is 0 Å². The van der Waals surface area contributed by atoms with E-state index in [2.05, 4.69) is 0 Å². The molecule has 0 aromatic rings. The molecule has 0 aliphatic rings. The normalized spacial score (nSPS) is 12.0. The molecular formula is C10H20NO3+. The van der Waals surface area contributed by atoms with Crippen LogP contribution in [0.15, 0.2) is 0 Å². The van der Waals surface area contributed by atoms with Gasteiger partial charge in [0.2, 0.25) is 0 Å². The summed E-state index contributed by atoms with van der Waals surface area (Å²) in [5.41, 5.74) is 0. The monoisotopic (exact) mass is 202 g/mol. The molecule has 0 saturated carbocycles. The van der Waals surface area contributed by atoms with E-state index in [9.17, 15) is 4.79 Å². The van der Waals surface area contributed by atoms with Gasteiger partial charge in [0.25, 0.3) is 0 Å². The van der Waals surface area contributed by atoms with E-state index < -0.39 is 0 Å². The zero-order valence-electron chi connectivity index (χ0n) is 9.50. The molecule has 14 heavy (non-hydrogen) atoms. The Morgan fingerprint density at radius 1 is 1.21 bits per heavy atom. The largest absolute Gasteiger partial charge is 0.466 e. The van der Waals surface area contributed by atoms with Crippen LogP contribution in [0.2, 0.25) is 0 Å². The third-order valence-corrected chi connectivity index (χ3v) is 1.85. The molecule has 4 heteroatoms. The molecule has 0 heterocycles. The fraction of sp³-hybridized carbons (Fsp3) is 0.800. The van der Waals surface area contributed by atoms with Crippen LogP contribution in [0.25, 0.3) is 0 Å². The van der Waals surface area contributed by atoms with Crippen LogP contribution in [0.4, 0.5) is 0 Å². The summed E-state index contributed by atoms with van der Waals surface area (Å²) < 4.78 is 12.0. The second kappa shape index (κ2) is 7.35. The van der Waals surface area contributed by atoms with E-state index in [1.165, 1.54) is 0 Å². The molecule has 0 unspecified atom stereocenters. The Balaban J connectivity index is 3.88. The Morgan fingerprint density at radius 2 is 1.79 bits per heavy atom. The number of hydrogen-bond acceptors (Lipinski definition) is 3. The van der Waals surface area contributed by atoms with Crippen LogP contribution in [-0.2, 0) is 14.3 Å². The summed E-state index contributed by atoms with van der Waals surface area (Å²) in [6.45, 7) is 7.34. The van der Waals surface area contributed by atoms with Gasteiger partial charge in [-0.05, 0) is 13.8 Å².